The van der Waals surface area contributed by atoms with Crippen molar-refractivity contribution in [3.05, 3.63) is 152 Å². The lowest BCUT2D eigenvalue weighted by Gasteiger charge is -2.22. The van der Waals surface area contributed by atoms with Crippen LogP contribution in [-0.4, -0.2) is 27.4 Å². The van der Waals surface area contributed by atoms with Gasteiger partial charge in [0.1, 0.15) is 6.54 Å². The summed E-state index contributed by atoms with van der Waals surface area (Å²) in [6, 6.07) is 21.9. The maximum Gasteiger partial charge on any atom is 0.208 e. The molecule has 0 bridgehead atoms. The molecule has 46 heavy (non-hydrogen) atoms. The molecule has 0 saturated heterocycles. The third-order valence-electron chi connectivity index (χ3n) is 10.1. The van der Waals surface area contributed by atoms with E-state index >= 15 is 0 Å². The molecule has 8 rings (SSSR count). The molecule has 1 aliphatic heterocycles. The summed E-state index contributed by atoms with van der Waals surface area (Å²) in [4.78, 5) is 0. The van der Waals surface area contributed by atoms with Gasteiger partial charge in [-0.2, -0.15) is 0 Å². The molecular weight excluding hydrogens is 603 g/mol. The molecule has 0 amide bonds. The van der Waals surface area contributed by atoms with E-state index in [9.17, 15) is 0 Å². The standard InChI is InChI=1S/C42H37Cl2N2/c1-3-45-36(32-17-9-15-30-34(43)21-25-38(45)41(30)32)23-19-28-13-8-14-29(40(28)27-11-6-5-7-12-27)20-24-37-33-18-10-16-31-35(44)22-26-39(42(31)33)46(37)4-2/h5-7,9-12,15,17-26,39H,3-4,8,13-14,16H2,1-2H3/q+1. The van der Waals surface area contributed by atoms with E-state index in [0.29, 0.717) is 0 Å². The van der Waals surface area contributed by atoms with Gasteiger partial charge in [-0.15, -0.1) is 0 Å². The van der Waals surface area contributed by atoms with E-state index in [-0.39, 0.29) is 6.04 Å². The molecule has 3 aromatic carbocycles. The van der Waals surface area contributed by atoms with Crippen molar-refractivity contribution in [3.8, 4) is 0 Å². The predicted octanol–water partition coefficient (Wildman–Crippen LogP) is 10.3. The van der Waals surface area contributed by atoms with Crippen LogP contribution < -0.4 is 5.35 Å². The summed E-state index contributed by atoms with van der Waals surface area (Å²) in [5.41, 5.74) is 11.9. The van der Waals surface area contributed by atoms with Crippen molar-refractivity contribution in [2.45, 2.75) is 52.1 Å². The van der Waals surface area contributed by atoms with Gasteiger partial charge in [0.25, 0.3) is 0 Å². The number of rotatable bonds is 6. The van der Waals surface area contributed by atoms with Gasteiger partial charge in [0.2, 0.25) is 5.71 Å². The molecule has 2 nitrogen and oxygen atoms in total. The number of aryl methyl sites for hydroxylation is 1. The van der Waals surface area contributed by atoms with Crippen LogP contribution in [0.1, 0.15) is 45.1 Å². The average molecular weight is 641 g/mol. The summed E-state index contributed by atoms with van der Waals surface area (Å²) in [6.45, 7) is 6.32. The number of halogens is 2. The molecule has 4 heteroatoms. The van der Waals surface area contributed by atoms with E-state index in [1.54, 1.807) is 0 Å². The number of hydrogen-bond donors (Lipinski definition) is 0. The number of benzene rings is 3. The van der Waals surface area contributed by atoms with Gasteiger partial charge < -0.3 is 4.57 Å². The number of hydrogen-bond acceptors (Lipinski definition) is 0. The molecule has 228 valence electrons. The summed E-state index contributed by atoms with van der Waals surface area (Å²) in [5.74, 6) is 0. The minimum absolute atomic E-state index is 0.259. The Morgan fingerprint density at radius 2 is 1.74 bits per heavy atom. The summed E-state index contributed by atoms with van der Waals surface area (Å²) < 4.78 is 4.94. The number of likely N-dealkylation sites (N-methyl/N-ethyl adjacent to an activating group) is 1. The highest BCUT2D eigenvalue weighted by Crippen LogP contribution is 2.42. The molecule has 1 unspecified atom stereocenters. The van der Waals surface area contributed by atoms with Crippen LogP contribution in [0.15, 0.2) is 136 Å². The van der Waals surface area contributed by atoms with Crippen LogP contribution in [0.4, 0.5) is 0 Å². The molecule has 0 fully saturated rings. The molecule has 1 atom stereocenters. The Kier molecular flexibility index (Phi) is 7.59. The lowest BCUT2D eigenvalue weighted by Crippen LogP contribution is -2.27. The van der Waals surface area contributed by atoms with Gasteiger partial charge in [0.05, 0.1) is 5.57 Å². The predicted molar refractivity (Wildman–Crippen MR) is 197 cm³/mol. The van der Waals surface area contributed by atoms with E-state index in [4.69, 9.17) is 23.2 Å². The lowest BCUT2D eigenvalue weighted by molar-refractivity contribution is -0.537. The topological polar surface area (TPSA) is 7.94 Å². The van der Waals surface area contributed by atoms with Crippen LogP contribution in [0.25, 0.3) is 33.3 Å². The van der Waals surface area contributed by atoms with Crippen molar-refractivity contribution in [3.63, 3.8) is 0 Å². The highest BCUT2D eigenvalue weighted by molar-refractivity contribution is 6.37. The first-order chi connectivity index (χ1) is 22.6. The summed E-state index contributed by atoms with van der Waals surface area (Å²) in [5, 5.41) is 6.56. The first-order valence-electron chi connectivity index (χ1n) is 16.6. The molecule has 3 aliphatic carbocycles. The third-order valence-corrected chi connectivity index (χ3v) is 10.8. The summed E-state index contributed by atoms with van der Waals surface area (Å²) in [6.07, 6.45) is 22.6. The fourth-order valence-electron chi connectivity index (χ4n) is 8.11. The van der Waals surface area contributed by atoms with E-state index in [2.05, 4.69) is 126 Å². The molecule has 0 spiro atoms. The van der Waals surface area contributed by atoms with Crippen LogP contribution in [0.3, 0.4) is 0 Å². The van der Waals surface area contributed by atoms with Crippen molar-refractivity contribution in [1.29, 1.82) is 0 Å². The Hall–Kier alpha value is -4.11. The minimum Gasteiger partial charge on any atom is -0.341 e. The molecule has 1 aromatic heterocycles. The van der Waals surface area contributed by atoms with Crippen LogP contribution in [0, 0.1) is 0 Å². The van der Waals surface area contributed by atoms with E-state index in [1.165, 1.54) is 66.4 Å². The van der Waals surface area contributed by atoms with Crippen LogP contribution in [0.5, 0.6) is 0 Å². The second-order valence-electron chi connectivity index (χ2n) is 12.5. The smallest absolute Gasteiger partial charge is 0.208 e. The van der Waals surface area contributed by atoms with Crippen LogP contribution >= 0.6 is 23.2 Å². The molecule has 4 aromatic rings. The van der Waals surface area contributed by atoms with E-state index < -0.39 is 0 Å². The van der Waals surface area contributed by atoms with Gasteiger partial charge in [0.15, 0.2) is 6.04 Å². The van der Waals surface area contributed by atoms with Crippen LogP contribution in [0.2, 0.25) is 5.02 Å². The number of aromatic nitrogens is 1. The van der Waals surface area contributed by atoms with Gasteiger partial charge in [-0.3, -0.25) is 0 Å². The zero-order chi connectivity index (χ0) is 31.4. The van der Waals surface area contributed by atoms with Crippen LogP contribution in [-0.2, 0) is 6.54 Å². The van der Waals surface area contributed by atoms with Gasteiger partial charge in [-0.05, 0) is 97.7 Å². The number of allylic oxidation sites excluding steroid dienone is 11. The maximum atomic E-state index is 6.69. The van der Waals surface area contributed by atoms with Crippen molar-refractivity contribution in [2.24, 2.45) is 0 Å². The Bertz CT molecular complexity index is 2230. The fraction of sp³-hybridized carbons (Fsp3) is 0.214. The van der Waals surface area contributed by atoms with E-state index in [1.807, 2.05) is 6.07 Å². The van der Waals surface area contributed by atoms with E-state index in [0.717, 1.165) is 54.2 Å². The molecule has 2 heterocycles. The fourth-order valence-corrected chi connectivity index (χ4v) is 8.59. The van der Waals surface area contributed by atoms with Crippen molar-refractivity contribution in [2.75, 3.05) is 6.54 Å². The second kappa shape index (κ2) is 11.9. The van der Waals surface area contributed by atoms with Crippen molar-refractivity contribution >= 4 is 62.2 Å². The highest BCUT2D eigenvalue weighted by atomic mass is 35.5. The minimum atomic E-state index is 0.259. The molecule has 0 N–H and O–H groups in total. The molecule has 0 radical (unpaired) electrons. The Morgan fingerprint density at radius 1 is 0.891 bits per heavy atom. The summed E-state index contributed by atoms with van der Waals surface area (Å²) in [7, 11) is 0. The highest BCUT2D eigenvalue weighted by Gasteiger charge is 2.41. The molecule has 4 aliphatic rings. The second-order valence-corrected chi connectivity index (χ2v) is 13.3. The SMILES string of the molecule is CCn1/c(=C/C=C2\CCCC(/C=C/C3=[N+](CC)C4C=CC(Cl)=C5CC=CC3=C54)=C2c2ccccc2)c2cccc3c(Cl)ccc1c32. The lowest BCUT2D eigenvalue weighted by atomic mass is 9.82. The van der Waals surface area contributed by atoms with Crippen molar-refractivity contribution in [1.82, 2.24) is 4.57 Å². The average Bonchev–Trinajstić information content (AvgIpc) is 3.58. The Balaban J connectivity index is 1.28. The van der Waals surface area contributed by atoms with Gasteiger partial charge in [-0.25, -0.2) is 4.58 Å². The largest absolute Gasteiger partial charge is 0.341 e. The third kappa shape index (κ3) is 4.65. The Morgan fingerprint density at radius 3 is 2.57 bits per heavy atom. The van der Waals surface area contributed by atoms with Crippen molar-refractivity contribution < 1.29 is 4.58 Å². The first-order valence-corrected chi connectivity index (χ1v) is 17.3. The molecular formula is C42H37Cl2N2+. The Labute approximate surface area is 281 Å². The van der Waals surface area contributed by atoms with Gasteiger partial charge in [-0.1, -0.05) is 96.0 Å². The van der Waals surface area contributed by atoms with Gasteiger partial charge >= 0.3 is 0 Å². The zero-order valence-electron chi connectivity index (χ0n) is 26.4. The molecule has 0 saturated carbocycles. The maximum absolute atomic E-state index is 6.69. The number of nitrogens with zero attached hydrogens (tertiary/aromatic N) is 2. The first kappa shape index (κ1) is 29.3. The summed E-state index contributed by atoms with van der Waals surface area (Å²) >= 11 is 13.3. The zero-order valence-corrected chi connectivity index (χ0v) is 27.9. The quantitative estimate of drug-likeness (QED) is 0.185. The van der Waals surface area contributed by atoms with Gasteiger partial charge in [0, 0.05) is 55.3 Å². The normalized spacial score (nSPS) is 21.1. The monoisotopic (exact) mass is 639 g/mol.